The lowest BCUT2D eigenvalue weighted by Gasteiger charge is -2.10. The highest BCUT2D eigenvalue weighted by atomic mass is 79.9. The van der Waals surface area contributed by atoms with Gasteiger partial charge >= 0.3 is 5.97 Å². The van der Waals surface area contributed by atoms with Crippen molar-refractivity contribution in [3.63, 3.8) is 0 Å². The van der Waals surface area contributed by atoms with E-state index in [2.05, 4.69) is 15.9 Å². The van der Waals surface area contributed by atoms with Gasteiger partial charge in [-0.3, -0.25) is 0 Å². The van der Waals surface area contributed by atoms with E-state index in [1.54, 1.807) is 0 Å². The second-order valence-corrected chi connectivity index (χ2v) is 4.51. The smallest absolute Gasteiger partial charge is 0.336 e. The molecule has 0 aromatic heterocycles. The number of halogens is 4. The third-order valence-corrected chi connectivity index (χ3v) is 3.17. The second-order valence-electron chi connectivity index (χ2n) is 3.72. The lowest BCUT2D eigenvalue weighted by atomic mass is 10.2. The Morgan fingerprint density at radius 3 is 2.45 bits per heavy atom. The van der Waals surface area contributed by atoms with E-state index in [4.69, 9.17) is 9.84 Å². The van der Waals surface area contributed by atoms with E-state index in [0.717, 1.165) is 30.3 Å². The highest BCUT2D eigenvalue weighted by Crippen LogP contribution is 2.33. The number of rotatable bonds is 3. The van der Waals surface area contributed by atoms with Gasteiger partial charge in [0.15, 0.2) is 23.1 Å². The highest BCUT2D eigenvalue weighted by Gasteiger charge is 2.18. The Balaban J connectivity index is 2.42. The summed E-state index contributed by atoms with van der Waals surface area (Å²) in [5.74, 6) is -4.90. The molecular weight excluding hydrogens is 341 g/mol. The van der Waals surface area contributed by atoms with Crippen molar-refractivity contribution in [2.45, 2.75) is 0 Å². The lowest BCUT2D eigenvalue weighted by molar-refractivity contribution is 0.0695. The van der Waals surface area contributed by atoms with Gasteiger partial charge in [0.25, 0.3) is 0 Å². The predicted molar refractivity (Wildman–Crippen MR) is 67.5 cm³/mol. The van der Waals surface area contributed by atoms with E-state index in [9.17, 15) is 18.0 Å². The van der Waals surface area contributed by atoms with Crippen LogP contribution in [0.2, 0.25) is 0 Å². The summed E-state index contributed by atoms with van der Waals surface area (Å²) in [7, 11) is 0. The van der Waals surface area contributed by atoms with Gasteiger partial charge in [-0.05, 0) is 40.2 Å². The fraction of sp³-hybridized carbons (Fsp3) is 0. The summed E-state index contributed by atoms with van der Waals surface area (Å²) in [5.41, 5.74) is -0.311. The van der Waals surface area contributed by atoms with Crippen LogP contribution in [0, 0.1) is 17.5 Å². The van der Waals surface area contributed by atoms with Crippen molar-refractivity contribution in [2.24, 2.45) is 0 Å². The minimum absolute atomic E-state index is 0.311. The van der Waals surface area contributed by atoms with Crippen LogP contribution in [0.15, 0.2) is 34.8 Å². The Hall–Kier alpha value is -2.02. The average molecular weight is 347 g/mol. The number of hydrogen-bond donors (Lipinski definition) is 1. The second kappa shape index (κ2) is 5.54. The van der Waals surface area contributed by atoms with Crippen LogP contribution >= 0.6 is 15.9 Å². The molecule has 0 aliphatic rings. The van der Waals surface area contributed by atoms with Gasteiger partial charge in [-0.2, -0.15) is 0 Å². The summed E-state index contributed by atoms with van der Waals surface area (Å²) in [4.78, 5) is 10.8. The molecule has 0 spiro atoms. The van der Waals surface area contributed by atoms with Crippen molar-refractivity contribution in [1.29, 1.82) is 0 Å². The first-order chi connectivity index (χ1) is 9.40. The number of carboxylic acid groups (broad SMARTS) is 1. The zero-order chi connectivity index (χ0) is 14.9. The van der Waals surface area contributed by atoms with Crippen molar-refractivity contribution in [1.82, 2.24) is 0 Å². The predicted octanol–water partition coefficient (Wildman–Crippen LogP) is 4.36. The molecule has 1 N–H and O–H groups in total. The van der Waals surface area contributed by atoms with Crippen molar-refractivity contribution in [2.75, 3.05) is 0 Å². The Morgan fingerprint density at radius 2 is 1.80 bits per heavy atom. The van der Waals surface area contributed by atoms with Crippen LogP contribution in [-0.4, -0.2) is 11.1 Å². The van der Waals surface area contributed by atoms with Crippen molar-refractivity contribution in [3.05, 3.63) is 57.8 Å². The molecule has 0 heterocycles. The zero-order valence-corrected chi connectivity index (χ0v) is 11.2. The molecule has 0 bridgehead atoms. The number of benzene rings is 2. The summed E-state index contributed by atoms with van der Waals surface area (Å²) in [6.07, 6.45) is 0. The standard InChI is InChI=1S/C13H6BrF3O3/c14-11-7(13(18)19)2-4-9(12(11)17)20-10-5-6(15)1-3-8(10)16/h1-5H,(H,18,19). The van der Waals surface area contributed by atoms with Crippen LogP contribution in [0.25, 0.3) is 0 Å². The van der Waals surface area contributed by atoms with E-state index in [-0.39, 0.29) is 10.0 Å². The number of ether oxygens (including phenoxy) is 1. The summed E-state index contributed by atoms with van der Waals surface area (Å²) in [6, 6.07) is 4.59. The van der Waals surface area contributed by atoms with Gasteiger partial charge in [0.2, 0.25) is 0 Å². The molecule has 2 rings (SSSR count). The maximum absolute atomic E-state index is 13.9. The van der Waals surface area contributed by atoms with Crippen LogP contribution in [0.5, 0.6) is 11.5 Å². The quantitative estimate of drug-likeness (QED) is 0.898. The van der Waals surface area contributed by atoms with E-state index in [0.29, 0.717) is 0 Å². The maximum Gasteiger partial charge on any atom is 0.336 e. The van der Waals surface area contributed by atoms with Crippen LogP contribution < -0.4 is 4.74 Å². The van der Waals surface area contributed by atoms with Crippen LogP contribution in [0.4, 0.5) is 13.2 Å². The topological polar surface area (TPSA) is 46.5 Å². The Morgan fingerprint density at radius 1 is 1.10 bits per heavy atom. The molecule has 0 aliphatic heterocycles. The van der Waals surface area contributed by atoms with Crippen molar-refractivity contribution >= 4 is 21.9 Å². The first-order valence-corrected chi connectivity index (χ1v) is 6.03. The molecule has 0 aliphatic carbocycles. The van der Waals surface area contributed by atoms with Gasteiger partial charge in [0.1, 0.15) is 5.82 Å². The first-order valence-electron chi connectivity index (χ1n) is 5.24. The minimum Gasteiger partial charge on any atom is -0.478 e. The van der Waals surface area contributed by atoms with Gasteiger partial charge in [-0.15, -0.1) is 0 Å². The number of carbonyl (C=O) groups is 1. The maximum atomic E-state index is 13.9. The number of carboxylic acids is 1. The van der Waals surface area contributed by atoms with E-state index in [1.165, 1.54) is 0 Å². The Bertz CT molecular complexity index is 689. The Kier molecular flexibility index (Phi) is 3.99. The molecular formula is C13H6BrF3O3. The first kappa shape index (κ1) is 14.4. The summed E-state index contributed by atoms with van der Waals surface area (Å²) >= 11 is 2.77. The third kappa shape index (κ3) is 2.77. The van der Waals surface area contributed by atoms with E-state index < -0.39 is 34.9 Å². The minimum atomic E-state index is -1.33. The van der Waals surface area contributed by atoms with Crippen LogP contribution in [-0.2, 0) is 0 Å². The summed E-state index contributed by atoms with van der Waals surface area (Å²) in [6.45, 7) is 0. The van der Waals surface area contributed by atoms with Crippen LogP contribution in [0.1, 0.15) is 10.4 Å². The number of aromatic carboxylic acids is 1. The molecule has 7 heteroatoms. The molecule has 2 aromatic rings. The zero-order valence-electron chi connectivity index (χ0n) is 9.66. The molecule has 0 radical (unpaired) electrons. The molecule has 104 valence electrons. The van der Waals surface area contributed by atoms with Gasteiger partial charge in [-0.1, -0.05) is 0 Å². The Labute approximate surface area is 119 Å². The molecule has 20 heavy (non-hydrogen) atoms. The average Bonchev–Trinajstić information content (AvgIpc) is 2.39. The molecule has 0 saturated carbocycles. The third-order valence-electron chi connectivity index (χ3n) is 2.39. The SMILES string of the molecule is O=C(O)c1ccc(Oc2cc(F)ccc2F)c(F)c1Br. The largest absolute Gasteiger partial charge is 0.478 e. The van der Waals surface area contributed by atoms with Gasteiger partial charge < -0.3 is 9.84 Å². The van der Waals surface area contributed by atoms with Crippen molar-refractivity contribution < 1.29 is 27.8 Å². The fourth-order valence-electron chi connectivity index (χ4n) is 1.45. The van der Waals surface area contributed by atoms with E-state index in [1.807, 2.05) is 0 Å². The molecule has 0 fully saturated rings. The van der Waals surface area contributed by atoms with Gasteiger partial charge in [0.05, 0.1) is 10.0 Å². The molecule has 0 saturated heterocycles. The monoisotopic (exact) mass is 346 g/mol. The summed E-state index contributed by atoms with van der Waals surface area (Å²) in [5, 5.41) is 8.80. The molecule has 0 atom stereocenters. The molecule has 2 aromatic carbocycles. The molecule has 0 amide bonds. The molecule has 0 unspecified atom stereocenters. The summed E-state index contributed by atoms with van der Waals surface area (Å²) < 4.78 is 44.8. The number of hydrogen-bond acceptors (Lipinski definition) is 2. The van der Waals surface area contributed by atoms with Crippen molar-refractivity contribution in [3.8, 4) is 11.5 Å². The highest BCUT2D eigenvalue weighted by molar-refractivity contribution is 9.10. The van der Waals surface area contributed by atoms with Crippen LogP contribution in [0.3, 0.4) is 0 Å². The fourth-order valence-corrected chi connectivity index (χ4v) is 1.95. The van der Waals surface area contributed by atoms with Gasteiger partial charge in [0, 0.05) is 6.07 Å². The normalized spacial score (nSPS) is 10.4. The lowest BCUT2D eigenvalue weighted by Crippen LogP contribution is -2.01. The molecule has 3 nitrogen and oxygen atoms in total. The van der Waals surface area contributed by atoms with Gasteiger partial charge in [-0.25, -0.2) is 18.0 Å². The van der Waals surface area contributed by atoms with E-state index >= 15 is 0 Å².